The summed E-state index contributed by atoms with van der Waals surface area (Å²) in [6.45, 7) is 6.05. The van der Waals surface area contributed by atoms with E-state index < -0.39 is 7.82 Å². The zero-order valence-electron chi connectivity index (χ0n) is 13.2. The minimum absolute atomic E-state index is 0.258. The molecule has 0 spiro atoms. The van der Waals surface area contributed by atoms with Crippen LogP contribution in [0.25, 0.3) is 6.08 Å². The molecule has 0 radical (unpaired) electrons. The van der Waals surface area contributed by atoms with Gasteiger partial charge in [-0.25, -0.2) is 4.57 Å². The predicted molar refractivity (Wildman–Crippen MR) is 93.6 cm³/mol. The van der Waals surface area contributed by atoms with Crippen molar-refractivity contribution < 1.29 is 18.1 Å². The van der Waals surface area contributed by atoms with Crippen molar-refractivity contribution in [2.75, 3.05) is 19.0 Å². The van der Waals surface area contributed by atoms with Crippen LogP contribution in [0.3, 0.4) is 0 Å². The summed E-state index contributed by atoms with van der Waals surface area (Å²) in [5.74, 6) is 1.35. The number of phosphoric acid groups is 1. The number of hydrogen-bond acceptors (Lipinski definition) is 5. The van der Waals surface area contributed by atoms with E-state index in [4.69, 9.17) is 13.6 Å². The molecular formula is C16H23O4PS. The van der Waals surface area contributed by atoms with Crippen molar-refractivity contribution in [2.24, 2.45) is 0 Å². The molecule has 0 aromatic heterocycles. The van der Waals surface area contributed by atoms with E-state index >= 15 is 0 Å². The molecule has 1 aromatic carbocycles. The lowest BCUT2D eigenvalue weighted by Crippen LogP contribution is -1.99. The van der Waals surface area contributed by atoms with Gasteiger partial charge in [-0.05, 0) is 31.2 Å². The fourth-order valence-corrected chi connectivity index (χ4v) is 3.25. The molecular weight excluding hydrogens is 319 g/mol. The first kappa shape index (κ1) is 19.0. The van der Waals surface area contributed by atoms with Crippen molar-refractivity contribution in [3.05, 3.63) is 53.1 Å². The third-order valence-electron chi connectivity index (χ3n) is 2.40. The van der Waals surface area contributed by atoms with Gasteiger partial charge in [0, 0.05) is 5.41 Å². The smallest absolute Gasteiger partial charge is 0.403 e. The van der Waals surface area contributed by atoms with Crippen molar-refractivity contribution in [2.45, 2.75) is 20.8 Å². The highest BCUT2D eigenvalue weighted by molar-refractivity contribution is 8.02. The normalized spacial score (nSPS) is 12.8. The van der Waals surface area contributed by atoms with Gasteiger partial charge in [-0.2, -0.15) is 0 Å². The van der Waals surface area contributed by atoms with Gasteiger partial charge in [0.05, 0.1) is 13.2 Å². The first-order valence-electron chi connectivity index (χ1n) is 7.27. The molecule has 0 saturated carbocycles. The van der Waals surface area contributed by atoms with Gasteiger partial charge in [0.2, 0.25) is 0 Å². The minimum atomic E-state index is -3.57. The predicted octanol–water partition coefficient (Wildman–Crippen LogP) is 5.49. The fraction of sp³-hybridized carbons (Fsp3) is 0.375. The molecule has 0 aliphatic carbocycles. The second kappa shape index (κ2) is 10.7. The van der Waals surface area contributed by atoms with Gasteiger partial charge in [0.1, 0.15) is 5.76 Å². The van der Waals surface area contributed by atoms with Crippen LogP contribution >= 0.6 is 19.6 Å². The molecule has 4 nitrogen and oxygen atoms in total. The maximum atomic E-state index is 12.4. The summed E-state index contributed by atoms with van der Waals surface area (Å²) in [6.07, 6.45) is 3.66. The van der Waals surface area contributed by atoms with Crippen LogP contribution in [-0.2, 0) is 18.1 Å². The van der Waals surface area contributed by atoms with Gasteiger partial charge >= 0.3 is 7.82 Å². The molecule has 0 aliphatic rings. The molecule has 0 heterocycles. The molecule has 0 bridgehead atoms. The van der Waals surface area contributed by atoms with Crippen LogP contribution < -0.4 is 0 Å². The molecule has 1 rings (SSSR count). The molecule has 0 saturated heterocycles. The number of thioether (sulfide) groups is 1. The summed E-state index contributed by atoms with van der Waals surface area (Å²) < 4.78 is 28.3. The van der Waals surface area contributed by atoms with E-state index in [-0.39, 0.29) is 13.2 Å². The van der Waals surface area contributed by atoms with E-state index in [1.807, 2.05) is 48.7 Å². The van der Waals surface area contributed by atoms with Crippen molar-refractivity contribution in [1.82, 2.24) is 0 Å². The van der Waals surface area contributed by atoms with Crippen LogP contribution in [0, 0.1) is 0 Å². The Balaban J connectivity index is 2.88. The van der Waals surface area contributed by atoms with Crippen LogP contribution in [0.4, 0.5) is 0 Å². The zero-order chi connectivity index (χ0) is 16.3. The van der Waals surface area contributed by atoms with E-state index in [1.54, 1.807) is 31.7 Å². The Bertz CT molecular complexity index is 518. The second-order valence-corrected chi connectivity index (χ2v) is 6.83. The van der Waals surface area contributed by atoms with Gasteiger partial charge < -0.3 is 4.52 Å². The minimum Gasteiger partial charge on any atom is -0.403 e. The summed E-state index contributed by atoms with van der Waals surface area (Å²) in [5, 5.41) is 1.81. The largest absolute Gasteiger partial charge is 0.530 e. The maximum Gasteiger partial charge on any atom is 0.530 e. The highest BCUT2D eigenvalue weighted by Crippen LogP contribution is 2.51. The van der Waals surface area contributed by atoms with Crippen molar-refractivity contribution >= 4 is 25.7 Å². The third kappa shape index (κ3) is 7.32. The standard InChI is InChI=1S/C16H23O4PS/c1-4-18-21(17,19-5-2)20-16(14-22-6-3)13-12-15-10-8-7-9-11-15/h7-14H,4-6H2,1-3H3/b13-12+,16-14-. The quantitative estimate of drug-likeness (QED) is 0.319. The second-order valence-electron chi connectivity index (χ2n) is 4.09. The van der Waals surface area contributed by atoms with Crippen LogP contribution in [0.15, 0.2) is 47.6 Å². The average Bonchev–Trinajstić information content (AvgIpc) is 2.51. The summed E-state index contributed by atoms with van der Waals surface area (Å²) >= 11 is 1.56. The van der Waals surface area contributed by atoms with Crippen LogP contribution in [0.5, 0.6) is 0 Å². The molecule has 0 atom stereocenters. The van der Waals surface area contributed by atoms with Crippen LogP contribution in [0.2, 0.25) is 0 Å². The Morgan fingerprint density at radius 3 is 2.32 bits per heavy atom. The molecule has 1 aromatic rings. The summed E-state index contributed by atoms with van der Waals surface area (Å²) in [5.41, 5.74) is 1.03. The van der Waals surface area contributed by atoms with Gasteiger partial charge in [-0.1, -0.05) is 43.3 Å². The summed E-state index contributed by atoms with van der Waals surface area (Å²) in [6, 6.07) is 9.82. The van der Waals surface area contributed by atoms with Crippen molar-refractivity contribution in [3.63, 3.8) is 0 Å². The SMILES string of the molecule is CCOP(=O)(OCC)OC(=C\SCC)/C=C/c1ccccc1. The number of hydrogen-bond donors (Lipinski definition) is 0. The molecule has 6 heteroatoms. The molecule has 0 amide bonds. The van der Waals surface area contributed by atoms with Crippen LogP contribution in [-0.4, -0.2) is 19.0 Å². The highest BCUT2D eigenvalue weighted by atomic mass is 32.2. The number of rotatable bonds is 10. The van der Waals surface area contributed by atoms with Crippen LogP contribution in [0.1, 0.15) is 26.3 Å². The van der Waals surface area contributed by atoms with E-state index in [9.17, 15) is 4.57 Å². The number of benzene rings is 1. The van der Waals surface area contributed by atoms with E-state index in [2.05, 4.69) is 0 Å². The first-order valence-corrected chi connectivity index (χ1v) is 9.78. The molecule has 22 heavy (non-hydrogen) atoms. The maximum absolute atomic E-state index is 12.4. The third-order valence-corrected chi connectivity index (χ3v) is 4.71. The Kier molecular flexibility index (Phi) is 9.25. The Morgan fingerprint density at radius 2 is 1.77 bits per heavy atom. The first-order chi connectivity index (χ1) is 10.6. The molecule has 122 valence electrons. The van der Waals surface area contributed by atoms with Gasteiger partial charge in [-0.15, -0.1) is 11.8 Å². The fourth-order valence-electron chi connectivity index (χ4n) is 1.53. The Labute approximate surface area is 137 Å². The lowest BCUT2D eigenvalue weighted by atomic mass is 10.2. The van der Waals surface area contributed by atoms with E-state index in [0.29, 0.717) is 5.76 Å². The summed E-state index contributed by atoms with van der Waals surface area (Å²) in [7, 11) is -3.57. The topological polar surface area (TPSA) is 44.8 Å². The number of allylic oxidation sites excluding steroid dienone is 1. The lowest BCUT2D eigenvalue weighted by molar-refractivity contribution is 0.148. The van der Waals surface area contributed by atoms with Gasteiger partial charge in [-0.3, -0.25) is 9.05 Å². The van der Waals surface area contributed by atoms with E-state index in [1.165, 1.54) is 0 Å². The lowest BCUT2D eigenvalue weighted by Gasteiger charge is -2.17. The molecule has 0 aliphatic heterocycles. The highest BCUT2D eigenvalue weighted by Gasteiger charge is 2.27. The molecule has 0 N–H and O–H groups in total. The summed E-state index contributed by atoms with van der Waals surface area (Å²) in [4.78, 5) is 0. The van der Waals surface area contributed by atoms with Gasteiger partial charge in [0.25, 0.3) is 0 Å². The Morgan fingerprint density at radius 1 is 1.14 bits per heavy atom. The average molecular weight is 342 g/mol. The zero-order valence-corrected chi connectivity index (χ0v) is 14.9. The number of phosphoric ester groups is 1. The van der Waals surface area contributed by atoms with Gasteiger partial charge in [0.15, 0.2) is 0 Å². The molecule has 0 fully saturated rings. The molecule has 0 unspecified atom stereocenters. The van der Waals surface area contributed by atoms with E-state index in [0.717, 1.165) is 11.3 Å². The van der Waals surface area contributed by atoms with Crippen molar-refractivity contribution in [3.8, 4) is 0 Å². The Hall–Kier alpha value is -1.00. The monoisotopic (exact) mass is 342 g/mol. The van der Waals surface area contributed by atoms with Crippen molar-refractivity contribution in [1.29, 1.82) is 0 Å².